The van der Waals surface area contributed by atoms with Crippen molar-refractivity contribution in [1.82, 2.24) is 4.98 Å². The molecule has 2 aromatic rings. The summed E-state index contributed by atoms with van der Waals surface area (Å²) in [5, 5.41) is 3.92. The molecule has 4 nitrogen and oxygen atoms in total. The molecule has 2 rings (SSSR count). The molecule has 0 saturated carbocycles. The Bertz CT molecular complexity index is 619. The number of anilines is 3. The monoisotopic (exact) mass is 360 g/mol. The minimum Gasteiger partial charge on any atom is -0.338 e. The second kappa shape index (κ2) is 5.96. The van der Waals surface area contributed by atoms with Crippen LogP contribution in [0.5, 0.6) is 0 Å². The Morgan fingerprint density at radius 2 is 1.89 bits per heavy atom. The van der Waals surface area contributed by atoms with Crippen molar-refractivity contribution in [2.45, 2.75) is 6.92 Å². The van der Waals surface area contributed by atoms with E-state index in [2.05, 4.69) is 31.7 Å². The number of halogens is 3. The van der Waals surface area contributed by atoms with Crippen LogP contribution in [-0.2, 0) is 0 Å². The summed E-state index contributed by atoms with van der Waals surface area (Å²) in [4.78, 5) is 4.22. The van der Waals surface area contributed by atoms with Gasteiger partial charge in [0, 0.05) is 4.47 Å². The van der Waals surface area contributed by atoms with Crippen molar-refractivity contribution < 1.29 is 0 Å². The fourth-order valence-electron chi connectivity index (χ4n) is 1.53. The van der Waals surface area contributed by atoms with E-state index in [9.17, 15) is 0 Å². The van der Waals surface area contributed by atoms with Crippen LogP contribution in [0, 0.1) is 6.92 Å². The van der Waals surface area contributed by atoms with Crippen LogP contribution in [0.15, 0.2) is 28.7 Å². The number of pyridine rings is 1. The lowest BCUT2D eigenvalue weighted by atomic mass is 10.2. The molecule has 0 bridgehead atoms. The lowest BCUT2D eigenvalue weighted by Crippen LogP contribution is -2.10. The molecule has 4 N–H and O–H groups in total. The molecule has 0 spiro atoms. The highest BCUT2D eigenvalue weighted by molar-refractivity contribution is 9.10. The number of nitrogens with two attached hydrogens (primary N) is 1. The van der Waals surface area contributed by atoms with Gasteiger partial charge in [0.15, 0.2) is 11.6 Å². The van der Waals surface area contributed by atoms with Crippen LogP contribution in [0.25, 0.3) is 0 Å². The maximum absolute atomic E-state index is 6.11. The molecule has 0 aliphatic heterocycles. The van der Waals surface area contributed by atoms with Gasteiger partial charge >= 0.3 is 0 Å². The highest BCUT2D eigenvalue weighted by atomic mass is 79.9. The van der Waals surface area contributed by atoms with Gasteiger partial charge in [-0.1, -0.05) is 35.3 Å². The van der Waals surface area contributed by atoms with Gasteiger partial charge in [-0.05, 0) is 40.5 Å². The first-order valence-electron chi connectivity index (χ1n) is 5.37. The summed E-state index contributed by atoms with van der Waals surface area (Å²) in [6.07, 6.45) is 0. The molecule has 0 radical (unpaired) electrons. The third-order valence-corrected chi connectivity index (χ3v) is 4.14. The molecule has 0 amide bonds. The first kappa shape index (κ1) is 14.4. The molecule has 1 aromatic heterocycles. The number of rotatable bonds is 3. The summed E-state index contributed by atoms with van der Waals surface area (Å²) in [5.74, 6) is 6.18. The van der Waals surface area contributed by atoms with E-state index in [1.807, 2.05) is 25.1 Å². The van der Waals surface area contributed by atoms with E-state index < -0.39 is 0 Å². The summed E-state index contributed by atoms with van der Waals surface area (Å²) < 4.78 is 0.949. The van der Waals surface area contributed by atoms with Crippen molar-refractivity contribution >= 4 is 56.5 Å². The Labute approximate surface area is 129 Å². The van der Waals surface area contributed by atoms with Crippen LogP contribution >= 0.6 is 39.1 Å². The molecule has 0 aliphatic rings. The summed E-state index contributed by atoms with van der Waals surface area (Å²) in [6, 6.07) is 7.43. The molecule has 100 valence electrons. The zero-order chi connectivity index (χ0) is 14.0. The van der Waals surface area contributed by atoms with E-state index in [-0.39, 0.29) is 0 Å². The van der Waals surface area contributed by atoms with Gasteiger partial charge in [0.2, 0.25) is 0 Å². The highest BCUT2D eigenvalue weighted by Gasteiger charge is 2.10. The molecule has 7 heteroatoms. The topological polar surface area (TPSA) is 63.0 Å². The zero-order valence-corrected chi connectivity index (χ0v) is 13.1. The largest absolute Gasteiger partial charge is 0.338 e. The molecule has 19 heavy (non-hydrogen) atoms. The number of hydrogen-bond donors (Lipinski definition) is 3. The molecule has 0 fully saturated rings. The van der Waals surface area contributed by atoms with Crippen LogP contribution in [0.1, 0.15) is 5.56 Å². The van der Waals surface area contributed by atoms with Gasteiger partial charge in [-0.15, -0.1) is 0 Å². The van der Waals surface area contributed by atoms with Crippen LogP contribution in [-0.4, -0.2) is 4.98 Å². The number of aryl methyl sites for hydroxylation is 1. The predicted octanol–water partition coefficient (Wildman–Crippen LogP) is 4.49. The van der Waals surface area contributed by atoms with Gasteiger partial charge in [0.25, 0.3) is 0 Å². The first-order chi connectivity index (χ1) is 9.02. The Hall–Kier alpha value is -1.01. The van der Waals surface area contributed by atoms with E-state index in [4.69, 9.17) is 29.0 Å². The van der Waals surface area contributed by atoms with Gasteiger partial charge < -0.3 is 10.7 Å². The van der Waals surface area contributed by atoms with Crippen molar-refractivity contribution in [3.63, 3.8) is 0 Å². The Kier molecular flexibility index (Phi) is 4.52. The van der Waals surface area contributed by atoms with E-state index in [1.165, 1.54) is 0 Å². The van der Waals surface area contributed by atoms with Crippen LogP contribution in [0.2, 0.25) is 10.0 Å². The summed E-state index contributed by atoms with van der Waals surface area (Å²) in [5.41, 5.74) is 4.39. The molecule has 1 heterocycles. The number of hydrogen-bond acceptors (Lipinski definition) is 4. The third kappa shape index (κ3) is 3.12. The van der Waals surface area contributed by atoms with Crippen molar-refractivity contribution in [1.29, 1.82) is 0 Å². The number of nitrogens with zero attached hydrogens (tertiary/aromatic N) is 1. The molecule has 0 aliphatic carbocycles. The Morgan fingerprint density at radius 3 is 2.58 bits per heavy atom. The summed E-state index contributed by atoms with van der Waals surface area (Å²) in [6.45, 7) is 2.00. The fraction of sp³-hybridized carbons (Fsp3) is 0.0833. The number of aromatic nitrogens is 1. The van der Waals surface area contributed by atoms with Crippen molar-refractivity contribution in [3.8, 4) is 0 Å². The van der Waals surface area contributed by atoms with Gasteiger partial charge in [-0.2, -0.15) is 0 Å². The van der Waals surface area contributed by atoms with E-state index in [1.54, 1.807) is 6.07 Å². The number of benzene rings is 1. The number of nitrogens with one attached hydrogen (secondary N) is 2. The minimum atomic E-state index is 0.359. The van der Waals surface area contributed by atoms with Crippen LogP contribution in [0.4, 0.5) is 17.3 Å². The average molecular weight is 362 g/mol. The predicted molar refractivity (Wildman–Crippen MR) is 84.2 cm³/mol. The van der Waals surface area contributed by atoms with Crippen LogP contribution < -0.4 is 16.6 Å². The average Bonchev–Trinajstić information content (AvgIpc) is 2.38. The second-order valence-corrected chi connectivity index (χ2v) is 5.46. The van der Waals surface area contributed by atoms with E-state index in [0.29, 0.717) is 21.7 Å². The second-order valence-electron chi connectivity index (χ2n) is 3.86. The summed E-state index contributed by atoms with van der Waals surface area (Å²) >= 11 is 15.6. The minimum absolute atomic E-state index is 0.359. The normalized spacial score (nSPS) is 10.4. The zero-order valence-electron chi connectivity index (χ0n) is 9.97. The van der Waals surface area contributed by atoms with Gasteiger partial charge in [0.05, 0.1) is 15.7 Å². The third-order valence-electron chi connectivity index (χ3n) is 2.51. The van der Waals surface area contributed by atoms with Crippen LogP contribution in [0.3, 0.4) is 0 Å². The van der Waals surface area contributed by atoms with Gasteiger partial charge in [-0.25, -0.2) is 10.8 Å². The van der Waals surface area contributed by atoms with Crippen molar-refractivity contribution in [3.05, 3.63) is 44.3 Å². The van der Waals surface area contributed by atoms with Gasteiger partial charge in [0.1, 0.15) is 0 Å². The molecule has 0 unspecified atom stereocenters. The number of hydrazine groups is 1. The molecular formula is C12H11BrCl2N4. The molecule has 0 saturated heterocycles. The Balaban J connectivity index is 2.41. The summed E-state index contributed by atoms with van der Waals surface area (Å²) in [7, 11) is 0. The number of nitrogen functional groups attached to an aromatic ring is 1. The van der Waals surface area contributed by atoms with Crippen molar-refractivity contribution in [2.75, 3.05) is 10.7 Å². The maximum atomic E-state index is 6.11. The first-order valence-corrected chi connectivity index (χ1v) is 6.92. The van der Waals surface area contributed by atoms with E-state index in [0.717, 1.165) is 15.7 Å². The standard InChI is InChI=1S/C12H11BrCl2N4/c1-6-3-2-4-9(10(6)13)17-11-7(14)5-8(15)12(18-11)19-16/h2-5H,16H2,1H3,(H2,17,18,19). The smallest absolute Gasteiger partial charge is 0.161 e. The lowest BCUT2D eigenvalue weighted by Gasteiger charge is -2.12. The molecular weight excluding hydrogens is 351 g/mol. The quantitative estimate of drug-likeness (QED) is 0.556. The molecule has 0 atom stereocenters. The lowest BCUT2D eigenvalue weighted by molar-refractivity contribution is 1.22. The Morgan fingerprint density at radius 1 is 1.21 bits per heavy atom. The fourth-order valence-corrected chi connectivity index (χ4v) is 2.35. The maximum Gasteiger partial charge on any atom is 0.161 e. The van der Waals surface area contributed by atoms with Gasteiger partial charge in [-0.3, -0.25) is 0 Å². The highest BCUT2D eigenvalue weighted by Crippen LogP contribution is 2.33. The SMILES string of the molecule is Cc1cccc(Nc2nc(NN)c(Cl)cc2Cl)c1Br. The van der Waals surface area contributed by atoms with Crippen molar-refractivity contribution in [2.24, 2.45) is 5.84 Å². The van der Waals surface area contributed by atoms with E-state index >= 15 is 0 Å². The molecule has 1 aromatic carbocycles.